The minimum atomic E-state index is 0.907. The van der Waals surface area contributed by atoms with Crippen LogP contribution in [0.25, 0.3) is 0 Å². The highest BCUT2D eigenvalue weighted by molar-refractivity contribution is 4.73. The summed E-state index contributed by atoms with van der Waals surface area (Å²) in [6.45, 7) is 8.07. The van der Waals surface area contributed by atoms with Crippen LogP contribution in [0.5, 0.6) is 0 Å². The van der Waals surface area contributed by atoms with E-state index in [9.17, 15) is 0 Å². The van der Waals surface area contributed by atoms with Gasteiger partial charge >= 0.3 is 0 Å². The van der Waals surface area contributed by atoms with E-state index in [-0.39, 0.29) is 0 Å². The van der Waals surface area contributed by atoms with Crippen LogP contribution in [0.2, 0.25) is 0 Å². The summed E-state index contributed by atoms with van der Waals surface area (Å²) in [4.78, 5) is 0. The molecule has 17 heavy (non-hydrogen) atoms. The van der Waals surface area contributed by atoms with Gasteiger partial charge in [-0.1, -0.05) is 51.7 Å². The van der Waals surface area contributed by atoms with Crippen LogP contribution in [-0.2, 0) is 13.1 Å². The van der Waals surface area contributed by atoms with E-state index in [4.69, 9.17) is 0 Å². The van der Waals surface area contributed by atoms with Gasteiger partial charge in [-0.3, -0.25) is 0 Å². The first kappa shape index (κ1) is 14.0. The maximum absolute atomic E-state index is 3.75. The van der Waals surface area contributed by atoms with Gasteiger partial charge in [-0.2, -0.15) is 0 Å². The first-order valence-electron chi connectivity index (χ1n) is 7.02. The monoisotopic (exact) mass is 235 g/mol. The van der Waals surface area contributed by atoms with Gasteiger partial charge in [0.15, 0.2) is 0 Å². The van der Waals surface area contributed by atoms with Gasteiger partial charge in [0.2, 0.25) is 6.33 Å². The average molecular weight is 235 g/mol. The van der Waals surface area contributed by atoms with Gasteiger partial charge in [0.05, 0.1) is 6.54 Å². The Balaban J connectivity index is 2.03. The van der Waals surface area contributed by atoms with Crippen molar-refractivity contribution < 1.29 is 4.57 Å². The zero-order valence-corrected chi connectivity index (χ0v) is 11.3. The molecule has 1 rings (SSSR count). The molecule has 0 atom stereocenters. The lowest BCUT2D eigenvalue weighted by Crippen LogP contribution is -2.30. The lowest BCUT2D eigenvalue weighted by atomic mass is 10.1. The van der Waals surface area contributed by atoms with Crippen LogP contribution in [0, 0.1) is 0 Å². The Morgan fingerprint density at radius 3 is 2.53 bits per heavy atom. The Kier molecular flexibility index (Phi) is 7.44. The molecule has 0 fully saturated rings. The van der Waals surface area contributed by atoms with Gasteiger partial charge in [0, 0.05) is 0 Å². The van der Waals surface area contributed by atoms with E-state index < -0.39 is 0 Å². The van der Waals surface area contributed by atoms with E-state index in [1.165, 1.54) is 44.9 Å². The van der Waals surface area contributed by atoms with Crippen molar-refractivity contribution in [3.8, 4) is 0 Å². The highest BCUT2D eigenvalue weighted by Gasteiger charge is 2.01. The van der Waals surface area contributed by atoms with Crippen LogP contribution in [0.4, 0.5) is 0 Å². The molecule has 0 aliphatic heterocycles. The average Bonchev–Trinajstić information content (AvgIpc) is 2.76. The van der Waals surface area contributed by atoms with Crippen molar-refractivity contribution >= 4 is 0 Å². The molecule has 1 aromatic heterocycles. The molecule has 0 aliphatic carbocycles. The number of nitrogens with zero attached hydrogens (tertiary/aromatic N) is 2. The third-order valence-electron chi connectivity index (χ3n) is 3.11. The van der Waals surface area contributed by atoms with Crippen molar-refractivity contribution in [2.45, 2.75) is 65.0 Å². The minimum absolute atomic E-state index is 0.907. The van der Waals surface area contributed by atoms with E-state index >= 15 is 0 Å². The molecule has 1 heterocycles. The summed E-state index contributed by atoms with van der Waals surface area (Å²) in [5.74, 6) is 0. The first-order valence-corrected chi connectivity index (χ1v) is 7.02. The molecule has 0 saturated heterocycles. The smallest absolute Gasteiger partial charge is 0.237 e. The van der Waals surface area contributed by atoms with Crippen molar-refractivity contribution in [1.29, 1.82) is 0 Å². The number of aromatic nitrogens is 2. The molecule has 96 valence electrons. The molecule has 0 N–H and O–H groups in total. The fraction of sp³-hybridized carbons (Fsp3) is 0.667. The van der Waals surface area contributed by atoms with Crippen LogP contribution in [-0.4, -0.2) is 4.57 Å². The number of imidazole rings is 1. The zero-order chi connectivity index (χ0) is 12.3. The molecule has 0 aromatic carbocycles. The van der Waals surface area contributed by atoms with Gasteiger partial charge in [0.25, 0.3) is 0 Å². The first-order chi connectivity index (χ1) is 8.36. The predicted molar refractivity (Wildman–Crippen MR) is 72.8 cm³/mol. The standard InChI is InChI=1S/C15H27N2/c1-3-5-6-7-8-9-10-12-17-14-13-16(15-17)11-4-2/h4,13-15H,2-3,5-12H2,1H3/q+1. The molecule has 0 spiro atoms. The third-order valence-corrected chi connectivity index (χ3v) is 3.11. The molecule has 0 bridgehead atoms. The maximum Gasteiger partial charge on any atom is 0.244 e. The van der Waals surface area contributed by atoms with Crippen LogP contribution in [0.1, 0.15) is 51.9 Å². The summed E-state index contributed by atoms with van der Waals surface area (Å²) >= 11 is 0. The molecular weight excluding hydrogens is 208 g/mol. The Morgan fingerprint density at radius 2 is 1.82 bits per heavy atom. The quantitative estimate of drug-likeness (QED) is 0.332. The summed E-state index contributed by atoms with van der Waals surface area (Å²) in [5, 5.41) is 0. The fourth-order valence-electron chi connectivity index (χ4n) is 2.08. The van der Waals surface area contributed by atoms with Crippen molar-refractivity contribution in [3.63, 3.8) is 0 Å². The third kappa shape index (κ3) is 6.30. The van der Waals surface area contributed by atoms with Gasteiger partial charge in [-0.15, -0.1) is 0 Å². The van der Waals surface area contributed by atoms with Gasteiger partial charge in [-0.05, 0) is 12.8 Å². The van der Waals surface area contributed by atoms with Crippen LogP contribution >= 0.6 is 0 Å². The second-order valence-corrected chi connectivity index (χ2v) is 4.76. The normalized spacial score (nSPS) is 10.6. The SMILES string of the molecule is C=CCn1cc[n+](CCCCCCCCC)c1. The Bertz CT molecular complexity index is 302. The number of allylic oxidation sites excluding steroid dienone is 1. The van der Waals surface area contributed by atoms with E-state index in [0.29, 0.717) is 0 Å². The molecule has 0 saturated carbocycles. The summed E-state index contributed by atoms with van der Waals surface area (Å²) in [6.07, 6.45) is 18.0. The van der Waals surface area contributed by atoms with E-state index in [0.717, 1.165) is 13.1 Å². The van der Waals surface area contributed by atoms with Gasteiger partial charge < -0.3 is 0 Å². The van der Waals surface area contributed by atoms with E-state index in [1.54, 1.807) is 0 Å². The highest BCUT2D eigenvalue weighted by Crippen LogP contribution is 2.06. The molecule has 0 amide bonds. The topological polar surface area (TPSA) is 8.81 Å². The second kappa shape index (κ2) is 9.03. The van der Waals surface area contributed by atoms with Crippen molar-refractivity contribution in [1.82, 2.24) is 4.57 Å². The van der Waals surface area contributed by atoms with E-state index in [1.807, 2.05) is 6.08 Å². The summed E-state index contributed by atoms with van der Waals surface area (Å²) in [7, 11) is 0. The molecule has 2 heteroatoms. The van der Waals surface area contributed by atoms with Gasteiger partial charge in [-0.25, -0.2) is 9.13 Å². The maximum atomic E-state index is 3.75. The Hall–Kier alpha value is -1.05. The van der Waals surface area contributed by atoms with Crippen LogP contribution in [0.3, 0.4) is 0 Å². The predicted octanol–water partition coefficient (Wildman–Crippen LogP) is 3.71. The lowest BCUT2D eigenvalue weighted by Gasteiger charge is -1.99. The number of aryl methyl sites for hydroxylation is 1. The largest absolute Gasteiger partial charge is 0.244 e. The minimum Gasteiger partial charge on any atom is -0.237 e. The number of hydrogen-bond donors (Lipinski definition) is 0. The zero-order valence-electron chi connectivity index (χ0n) is 11.3. The van der Waals surface area contributed by atoms with Crippen molar-refractivity contribution in [2.24, 2.45) is 0 Å². The molecule has 0 aliphatic rings. The summed E-state index contributed by atoms with van der Waals surface area (Å²) in [6, 6.07) is 0. The lowest BCUT2D eigenvalue weighted by molar-refractivity contribution is -0.696. The number of unbranched alkanes of at least 4 members (excludes halogenated alkanes) is 6. The molecule has 0 unspecified atom stereocenters. The Labute approximate surface area is 106 Å². The Morgan fingerprint density at radius 1 is 1.12 bits per heavy atom. The van der Waals surface area contributed by atoms with Crippen LogP contribution < -0.4 is 4.57 Å². The van der Waals surface area contributed by atoms with Crippen LogP contribution in [0.15, 0.2) is 31.4 Å². The fourth-order valence-corrected chi connectivity index (χ4v) is 2.08. The summed E-state index contributed by atoms with van der Waals surface area (Å²) in [5.41, 5.74) is 0. The van der Waals surface area contributed by atoms with Crippen molar-refractivity contribution in [3.05, 3.63) is 31.4 Å². The summed E-state index contributed by atoms with van der Waals surface area (Å²) < 4.78 is 4.43. The number of hydrogen-bond acceptors (Lipinski definition) is 0. The second-order valence-electron chi connectivity index (χ2n) is 4.76. The number of rotatable bonds is 10. The van der Waals surface area contributed by atoms with Gasteiger partial charge in [0.1, 0.15) is 18.9 Å². The molecule has 1 aromatic rings. The highest BCUT2D eigenvalue weighted by atomic mass is 15.1. The van der Waals surface area contributed by atoms with E-state index in [2.05, 4.69) is 41.4 Å². The van der Waals surface area contributed by atoms with Crippen molar-refractivity contribution in [2.75, 3.05) is 0 Å². The molecule has 2 nitrogen and oxygen atoms in total. The molecular formula is C15H27N2+. The molecule has 0 radical (unpaired) electrons.